The van der Waals surface area contributed by atoms with Gasteiger partial charge in [0.05, 0.1) is 23.5 Å². The van der Waals surface area contributed by atoms with E-state index in [1.54, 1.807) is 0 Å². The summed E-state index contributed by atoms with van der Waals surface area (Å²) >= 11 is 0. The van der Waals surface area contributed by atoms with Gasteiger partial charge in [-0.1, -0.05) is 13.8 Å². The van der Waals surface area contributed by atoms with Crippen LogP contribution in [0.3, 0.4) is 0 Å². The zero-order valence-corrected chi connectivity index (χ0v) is 11.2. The molecule has 0 aliphatic carbocycles. The first-order valence-electron chi connectivity index (χ1n) is 6.82. The molecule has 5 heteroatoms. The molecule has 2 bridgehead atoms. The Bertz CT molecular complexity index is 515. The maximum atomic E-state index is 11.2. The first-order chi connectivity index (χ1) is 9.06. The quantitative estimate of drug-likeness (QED) is 0.905. The van der Waals surface area contributed by atoms with Crippen molar-refractivity contribution in [3.63, 3.8) is 0 Å². The molecule has 0 amide bonds. The van der Waals surface area contributed by atoms with Crippen LogP contribution in [0.15, 0.2) is 6.20 Å². The van der Waals surface area contributed by atoms with Gasteiger partial charge in [0.25, 0.3) is 0 Å². The van der Waals surface area contributed by atoms with Crippen molar-refractivity contribution < 1.29 is 14.6 Å². The van der Waals surface area contributed by atoms with Crippen LogP contribution in [-0.2, 0) is 4.74 Å². The lowest BCUT2D eigenvalue weighted by atomic mass is 9.88. The molecular weight excluding hydrogens is 244 g/mol. The summed E-state index contributed by atoms with van der Waals surface area (Å²) in [6.45, 7) is 3.91. The van der Waals surface area contributed by atoms with Crippen molar-refractivity contribution >= 4 is 5.97 Å². The van der Waals surface area contributed by atoms with Gasteiger partial charge in [-0.05, 0) is 25.2 Å². The summed E-state index contributed by atoms with van der Waals surface area (Å²) in [6, 6.07) is 0. The van der Waals surface area contributed by atoms with Crippen molar-refractivity contribution in [2.24, 2.45) is 0 Å². The van der Waals surface area contributed by atoms with Gasteiger partial charge in [-0.2, -0.15) is 0 Å². The van der Waals surface area contributed by atoms with Gasteiger partial charge in [0, 0.05) is 12.1 Å². The zero-order chi connectivity index (χ0) is 13.6. The standard InChI is InChI=1S/C14H18N2O3/c1-7(2)12-10(14(17)18)6-15-13(16-12)9-5-8-3-4-11(9)19-8/h6-9,11H,3-5H2,1-2H3,(H,17,18). The average molecular weight is 262 g/mol. The van der Waals surface area contributed by atoms with E-state index < -0.39 is 5.97 Å². The molecule has 2 fully saturated rings. The molecule has 5 nitrogen and oxygen atoms in total. The highest BCUT2D eigenvalue weighted by Crippen LogP contribution is 2.43. The molecule has 1 aromatic rings. The predicted octanol–water partition coefficient (Wildman–Crippen LogP) is 2.33. The summed E-state index contributed by atoms with van der Waals surface area (Å²) < 4.78 is 5.82. The Morgan fingerprint density at radius 1 is 1.47 bits per heavy atom. The van der Waals surface area contributed by atoms with Gasteiger partial charge >= 0.3 is 5.97 Å². The van der Waals surface area contributed by atoms with Crippen LogP contribution in [0.25, 0.3) is 0 Å². The summed E-state index contributed by atoms with van der Waals surface area (Å²) in [6.07, 6.45) is 5.18. The van der Waals surface area contributed by atoms with Crippen molar-refractivity contribution in [1.29, 1.82) is 0 Å². The van der Waals surface area contributed by atoms with E-state index in [0.29, 0.717) is 11.8 Å². The largest absolute Gasteiger partial charge is 0.478 e. The van der Waals surface area contributed by atoms with Crippen molar-refractivity contribution in [3.05, 3.63) is 23.3 Å². The van der Waals surface area contributed by atoms with Crippen LogP contribution in [-0.4, -0.2) is 33.3 Å². The van der Waals surface area contributed by atoms with E-state index in [9.17, 15) is 9.90 Å². The van der Waals surface area contributed by atoms with Crippen LogP contribution >= 0.6 is 0 Å². The Balaban J connectivity index is 1.95. The fourth-order valence-corrected chi connectivity index (χ4v) is 3.10. The number of aromatic carboxylic acids is 1. The molecule has 2 saturated heterocycles. The minimum absolute atomic E-state index is 0.0763. The molecule has 3 heterocycles. The Kier molecular flexibility index (Phi) is 3.01. The molecule has 0 aromatic carbocycles. The van der Waals surface area contributed by atoms with Gasteiger partial charge in [-0.15, -0.1) is 0 Å². The Morgan fingerprint density at radius 3 is 2.79 bits per heavy atom. The van der Waals surface area contributed by atoms with E-state index in [1.807, 2.05) is 13.8 Å². The molecule has 3 rings (SSSR count). The third kappa shape index (κ3) is 2.12. The molecule has 0 saturated carbocycles. The first-order valence-corrected chi connectivity index (χ1v) is 6.82. The molecule has 1 aromatic heterocycles. The number of ether oxygens (including phenoxy) is 1. The molecular formula is C14H18N2O3. The minimum atomic E-state index is -0.959. The smallest absolute Gasteiger partial charge is 0.339 e. The number of nitrogens with zero attached hydrogens (tertiary/aromatic N) is 2. The van der Waals surface area contributed by atoms with Crippen LogP contribution in [0.5, 0.6) is 0 Å². The van der Waals surface area contributed by atoms with Crippen molar-refractivity contribution in [3.8, 4) is 0 Å². The molecule has 1 N–H and O–H groups in total. The van der Waals surface area contributed by atoms with E-state index >= 15 is 0 Å². The first kappa shape index (κ1) is 12.5. The van der Waals surface area contributed by atoms with Gasteiger partial charge in [0.1, 0.15) is 5.82 Å². The highest BCUT2D eigenvalue weighted by molar-refractivity contribution is 5.88. The number of rotatable bonds is 3. The van der Waals surface area contributed by atoms with Gasteiger partial charge in [-0.3, -0.25) is 0 Å². The van der Waals surface area contributed by atoms with Crippen LogP contribution in [0, 0.1) is 0 Å². The van der Waals surface area contributed by atoms with E-state index in [1.165, 1.54) is 6.20 Å². The van der Waals surface area contributed by atoms with Crippen LogP contribution in [0.1, 0.15) is 66.8 Å². The van der Waals surface area contributed by atoms with Crippen LogP contribution < -0.4 is 0 Å². The highest BCUT2D eigenvalue weighted by atomic mass is 16.5. The van der Waals surface area contributed by atoms with Gasteiger partial charge < -0.3 is 9.84 Å². The summed E-state index contributed by atoms with van der Waals surface area (Å²) in [4.78, 5) is 20.0. The second-order valence-electron chi connectivity index (χ2n) is 5.70. The summed E-state index contributed by atoms with van der Waals surface area (Å²) in [5.41, 5.74) is 0.836. The SMILES string of the molecule is CC(C)c1nc(C2CC3CCC2O3)ncc1C(=O)O. The molecule has 2 aliphatic heterocycles. The average Bonchev–Trinajstić information content (AvgIpc) is 3.00. The maximum Gasteiger partial charge on any atom is 0.339 e. The lowest BCUT2D eigenvalue weighted by molar-refractivity contribution is 0.0694. The monoisotopic (exact) mass is 262 g/mol. The number of carbonyl (C=O) groups is 1. The Hall–Kier alpha value is -1.49. The second-order valence-corrected chi connectivity index (χ2v) is 5.70. The molecule has 3 atom stereocenters. The number of hydrogen-bond donors (Lipinski definition) is 1. The Labute approximate surface area is 112 Å². The summed E-state index contributed by atoms with van der Waals surface area (Å²) in [7, 11) is 0. The minimum Gasteiger partial charge on any atom is -0.478 e. The fourth-order valence-electron chi connectivity index (χ4n) is 3.10. The Morgan fingerprint density at radius 2 is 2.26 bits per heavy atom. The molecule has 102 valence electrons. The highest BCUT2D eigenvalue weighted by Gasteiger charge is 2.43. The third-order valence-electron chi connectivity index (χ3n) is 4.05. The number of aromatic nitrogens is 2. The van der Waals surface area contributed by atoms with E-state index in [2.05, 4.69) is 9.97 Å². The van der Waals surface area contributed by atoms with E-state index in [0.717, 1.165) is 25.1 Å². The number of fused-ring (bicyclic) bond motifs is 2. The molecule has 19 heavy (non-hydrogen) atoms. The second kappa shape index (κ2) is 4.56. The van der Waals surface area contributed by atoms with Crippen LogP contribution in [0.4, 0.5) is 0 Å². The van der Waals surface area contributed by atoms with Gasteiger partial charge in [0.15, 0.2) is 0 Å². The number of hydrogen-bond acceptors (Lipinski definition) is 4. The van der Waals surface area contributed by atoms with Gasteiger partial charge in [-0.25, -0.2) is 14.8 Å². The third-order valence-corrected chi connectivity index (χ3v) is 4.05. The normalized spacial score (nSPS) is 29.1. The zero-order valence-electron chi connectivity index (χ0n) is 11.2. The van der Waals surface area contributed by atoms with E-state index in [-0.39, 0.29) is 23.5 Å². The maximum absolute atomic E-state index is 11.2. The lowest BCUT2D eigenvalue weighted by Crippen LogP contribution is -2.19. The number of carboxylic acid groups (broad SMARTS) is 1. The molecule has 0 radical (unpaired) electrons. The fraction of sp³-hybridized carbons (Fsp3) is 0.643. The lowest BCUT2D eigenvalue weighted by Gasteiger charge is -2.19. The molecule has 3 unspecified atom stereocenters. The van der Waals surface area contributed by atoms with E-state index in [4.69, 9.17) is 4.74 Å². The predicted molar refractivity (Wildman–Crippen MR) is 68.3 cm³/mol. The number of carboxylic acids is 1. The van der Waals surface area contributed by atoms with Crippen molar-refractivity contribution in [1.82, 2.24) is 9.97 Å². The van der Waals surface area contributed by atoms with Crippen LogP contribution in [0.2, 0.25) is 0 Å². The summed E-state index contributed by atoms with van der Waals surface area (Å²) in [5.74, 6) is 0.104. The summed E-state index contributed by atoms with van der Waals surface area (Å²) in [5, 5.41) is 9.17. The topological polar surface area (TPSA) is 72.3 Å². The molecule has 2 aliphatic rings. The van der Waals surface area contributed by atoms with Crippen molar-refractivity contribution in [2.45, 2.75) is 57.2 Å². The molecule has 0 spiro atoms. The van der Waals surface area contributed by atoms with Crippen molar-refractivity contribution in [2.75, 3.05) is 0 Å². The van der Waals surface area contributed by atoms with Gasteiger partial charge in [0.2, 0.25) is 0 Å².